The van der Waals surface area contributed by atoms with Crippen molar-refractivity contribution in [2.45, 2.75) is 67.8 Å². The van der Waals surface area contributed by atoms with E-state index < -0.39 is 48.1 Å². The Morgan fingerprint density at radius 3 is 2.02 bits per heavy atom. The first-order chi connectivity index (χ1) is 23.0. The van der Waals surface area contributed by atoms with Gasteiger partial charge in [-0.15, -0.1) is 0 Å². The molecule has 4 atom stereocenters. The summed E-state index contributed by atoms with van der Waals surface area (Å²) in [5, 5.41) is 25.8. The minimum absolute atomic E-state index is 0.0423. The average molecular weight is 685 g/mol. The molecule has 5 aromatic rings. The van der Waals surface area contributed by atoms with Crippen molar-refractivity contribution in [2.24, 2.45) is 0 Å². The van der Waals surface area contributed by atoms with Gasteiger partial charge in [-0.2, -0.15) is 0 Å². The Hall–Kier alpha value is -3.61. The molecule has 0 aliphatic carbocycles. The second kappa shape index (κ2) is 14.1. The fourth-order valence-corrected chi connectivity index (χ4v) is 10.8. The van der Waals surface area contributed by atoms with Crippen LogP contribution in [0.5, 0.6) is 0 Å². The molecule has 1 aliphatic rings. The van der Waals surface area contributed by atoms with Gasteiger partial charge in [0.2, 0.25) is 0 Å². The smallest absolute Gasteiger partial charge is 0.268 e. The van der Waals surface area contributed by atoms with Crippen LogP contribution in [0.2, 0.25) is 0 Å². The Labute approximate surface area is 284 Å². The fraction of sp³-hybridized carbons (Fsp3) is 0.316. The number of hydrogen-bond acceptors (Lipinski definition) is 7. The second-order valence-corrected chi connectivity index (χ2v) is 17.5. The zero-order valence-electron chi connectivity index (χ0n) is 27.4. The third-order valence-electron chi connectivity index (χ3n) is 8.56. The van der Waals surface area contributed by atoms with Crippen LogP contribution >= 0.6 is 0 Å². The van der Waals surface area contributed by atoms with E-state index >= 15 is 0 Å². The molecular weight excluding hydrogens is 643 g/mol. The van der Waals surface area contributed by atoms with Crippen molar-refractivity contribution >= 4 is 40.1 Å². The molecular formula is C38H42NO7SSi. The third kappa shape index (κ3) is 7.06. The lowest BCUT2D eigenvalue weighted by molar-refractivity contribution is -0.304. The molecule has 10 heteroatoms. The Kier molecular flexibility index (Phi) is 10.1. The van der Waals surface area contributed by atoms with Crippen molar-refractivity contribution in [2.75, 3.05) is 13.2 Å². The lowest BCUT2D eigenvalue weighted by atomic mass is 10.0. The number of ether oxygens (including phenoxy) is 3. The Balaban J connectivity index is 1.39. The van der Waals surface area contributed by atoms with Crippen LogP contribution in [0.4, 0.5) is 0 Å². The van der Waals surface area contributed by atoms with E-state index in [1.807, 2.05) is 99.6 Å². The molecule has 1 aliphatic heterocycles. The number of fused-ring (bicyclic) bond motifs is 1. The number of benzene rings is 4. The molecule has 0 unspecified atom stereocenters. The summed E-state index contributed by atoms with van der Waals surface area (Å²) < 4.78 is 48.5. The Morgan fingerprint density at radius 2 is 1.42 bits per heavy atom. The summed E-state index contributed by atoms with van der Waals surface area (Å²) >= 11 is 0. The van der Waals surface area contributed by atoms with Crippen molar-refractivity contribution in [3.05, 3.63) is 127 Å². The molecule has 8 nitrogen and oxygen atoms in total. The van der Waals surface area contributed by atoms with Gasteiger partial charge in [0.25, 0.3) is 10.0 Å². The highest BCUT2D eigenvalue weighted by molar-refractivity contribution is 7.90. The zero-order chi connectivity index (χ0) is 33.9. The van der Waals surface area contributed by atoms with Gasteiger partial charge >= 0.3 is 0 Å². The van der Waals surface area contributed by atoms with Crippen LogP contribution in [-0.4, -0.2) is 73.9 Å². The van der Waals surface area contributed by atoms with Crippen LogP contribution in [0, 0.1) is 0 Å². The van der Waals surface area contributed by atoms with Crippen molar-refractivity contribution in [3.63, 3.8) is 0 Å². The molecule has 4 aromatic carbocycles. The van der Waals surface area contributed by atoms with Gasteiger partial charge in [-0.05, 0) is 51.0 Å². The highest BCUT2D eigenvalue weighted by atomic mass is 32.2. The van der Waals surface area contributed by atoms with Gasteiger partial charge in [-0.1, -0.05) is 107 Å². The molecule has 1 fully saturated rings. The topological polar surface area (TPSA) is 107 Å². The third-order valence-corrected chi connectivity index (χ3v) is 13.4. The summed E-state index contributed by atoms with van der Waals surface area (Å²) in [6.07, 6.45) is -0.827. The van der Waals surface area contributed by atoms with Crippen LogP contribution in [0.15, 0.2) is 126 Å². The molecule has 0 bridgehead atoms. The van der Waals surface area contributed by atoms with Gasteiger partial charge in [0.1, 0.15) is 12.2 Å². The zero-order valence-corrected chi connectivity index (χ0v) is 29.2. The molecule has 251 valence electrons. The lowest BCUT2D eigenvalue weighted by Gasteiger charge is -2.50. The van der Waals surface area contributed by atoms with Crippen LogP contribution in [0.25, 0.3) is 10.9 Å². The predicted octanol–water partition coefficient (Wildman–Crippen LogP) is 4.31. The summed E-state index contributed by atoms with van der Waals surface area (Å²) in [7, 11) is -5.88. The van der Waals surface area contributed by atoms with Gasteiger partial charge in [0, 0.05) is 18.0 Å². The van der Waals surface area contributed by atoms with E-state index in [2.05, 4.69) is 0 Å². The van der Waals surface area contributed by atoms with Crippen LogP contribution in [-0.2, 0) is 30.7 Å². The summed E-state index contributed by atoms with van der Waals surface area (Å²) in [4.78, 5) is 0.200. The van der Waals surface area contributed by atoms with E-state index in [0.29, 0.717) is 11.9 Å². The number of hydrogen-bond donors (Lipinski definition) is 2. The quantitative estimate of drug-likeness (QED) is 0.200. The van der Waals surface area contributed by atoms with Crippen LogP contribution < -0.4 is 10.4 Å². The molecule has 1 radical (unpaired) electrons. The molecule has 0 spiro atoms. The number of nitrogens with zero attached hydrogens (tertiary/aromatic N) is 1. The molecule has 0 amide bonds. The van der Waals surface area contributed by atoms with E-state index in [4.69, 9.17) is 14.2 Å². The summed E-state index contributed by atoms with van der Waals surface area (Å²) in [5.41, 5.74) is -0.622. The van der Waals surface area contributed by atoms with E-state index in [0.717, 1.165) is 21.3 Å². The number of aliphatic hydroxyl groups excluding tert-OH is 2. The van der Waals surface area contributed by atoms with Gasteiger partial charge in [-0.3, -0.25) is 0 Å². The molecule has 0 saturated carbocycles. The predicted molar refractivity (Wildman–Crippen MR) is 188 cm³/mol. The van der Waals surface area contributed by atoms with Crippen LogP contribution in [0.3, 0.4) is 0 Å². The summed E-state index contributed by atoms with van der Waals surface area (Å²) in [6.45, 7) is 6.06. The van der Waals surface area contributed by atoms with Gasteiger partial charge in [-0.25, -0.2) is 12.4 Å². The first kappa shape index (κ1) is 34.3. The maximum Gasteiger partial charge on any atom is 0.268 e. The van der Waals surface area contributed by atoms with Gasteiger partial charge in [0.05, 0.1) is 35.3 Å². The fourth-order valence-electron chi connectivity index (χ4n) is 6.24. The minimum atomic E-state index is -3.85. The number of para-hydroxylation sites is 1. The van der Waals surface area contributed by atoms with Gasteiger partial charge in [0.15, 0.2) is 14.2 Å². The summed E-state index contributed by atoms with van der Waals surface area (Å²) in [5.74, 6) is 0. The van der Waals surface area contributed by atoms with Crippen molar-refractivity contribution in [3.8, 4) is 0 Å². The minimum Gasteiger partial charge on any atom is -0.390 e. The molecule has 1 saturated heterocycles. The molecule has 1 aromatic heterocycles. The normalized spacial score (nSPS) is 21.9. The van der Waals surface area contributed by atoms with E-state index in [1.54, 1.807) is 42.6 Å². The highest BCUT2D eigenvalue weighted by Crippen LogP contribution is 2.35. The van der Waals surface area contributed by atoms with Crippen LogP contribution in [0.1, 0.15) is 32.8 Å². The maximum atomic E-state index is 13.7. The molecule has 6 rings (SSSR count). The monoisotopic (exact) mass is 684 g/mol. The first-order valence-corrected chi connectivity index (χ1v) is 19.1. The van der Waals surface area contributed by atoms with Crippen molar-refractivity contribution in [1.29, 1.82) is 0 Å². The summed E-state index contributed by atoms with van der Waals surface area (Å²) in [6, 6.07) is 35.6. The number of aromatic nitrogens is 1. The SMILES string of the molecule is CC(C)(C)OC[C@H]1O[C@](OCCc2cn(S(=O)(=O)c3ccccc3)c3ccccc23)([Si](c2ccccc2)c2ccccc2)[C@H](O)C[C@@H]1O. The standard InChI is InChI=1S/C38H42NO7SSi/c1-37(2,3)45-27-35-34(40)25-36(41)38(46-35,48(30-17-9-5-10-18-30)31-19-11-6-12-20-31)44-24-23-28-26-39(33-22-14-13-21-32(28)33)47(42,43)29-15-7-4-8-16-29/h4-22,26,34-36,40-41H,23-25,27H2,1-3H3/t34-,35+,36+,38-/m0/s1. The van der Waals surface area contributed by atoms with E-state index in [1.165, 1.54) is 3.97 Å². The number of aliphatic hydroxyl groups is 2. The molecule has 2 N–H and O–H groups in total. The first-order valence-electron chi connectivity index (χ1n) is 16.2. The van der Waals surface area contributed by atoms with Crippen molar-refractivity contribution < 1.29 is 32.8 Å². The second-order valence-electron chi connectivity index (χ2n) is 13.1. The molecule has 2 heterocycles. The van der Waals surface area contributed by atoms with E-state index in [-0.39, 0.29) is 24.5 Å². The highest BCUT2D eigenvalue weighted by Gasteiger charge is 2.56. The number of rotatable bonds is 11. The maximum absolute atomic E-state index is 13.7. The Morgan fingerprint density at radius 1 is 0.854 bits per heavy atom. The van der Waals surface area contributed by atoms with E-state index in [9.17, 15) is 18.6 Å². The lowest BCUT2D eigenvalue weighted by Crippen LogP contribution is -2.73. The largest absolute Gasteiger partial charge is 0.390 e. The molecule has 48 heavy (non-hydrogen) atoms. The van der Waals surface area contributed by atoms with Gasteiger partial charge < -0.3 is 24.4 Å². The van der Waals surface area contributed by atoms with Crippen molar-refractivity contribution in [1.82, 2.24) is 3.97 Å². The Bertz CT molecular complexity index is 1870. The average Bonchev–Trinajstić information content (AvgIpc) is 3.46.